The van der Waals surface area contributed by atoms with Crippen molar-refractivity contribution in [3.63, 3.8) is 0 Å². The molecule has 0 N–H and O–H groups in total. The zero-order chi connectivity index (χ0) is 19.5. The molecule has 1 heterocycles. The van der Waals surface area contributed by atoms with E-state index in [1.54, 1.807) is 18.9 Å². The molecule has 3 heteroatoms. The van der Waals surface area contributed by atoms with Crippen molar-refractivity contribution in [3.8, 4) is 5.75 Å². The minimum Gasteiger partial charge on any atom is -0.495 e. The number of carbonyl (C=O) groups is 1. The standard InChI is InChI=1S/C25H29NO2/c1-24-10-8-18(27)13-17(24)4-5-20-22-7-6-21(25(22,2)11-9-23(20)24)16-12-19(28-3)15-26-14-16/h6-7,12-15,20,23H,4-5,8-11H2,1-3H3. The number of methoxy groups -OCH3 is 1. The lowest BCUT2D eigenvalue weighted by molar-refractivity contribution is -0.116. The summed E-state index contributed by atoms with van der Waals surface area (Å²) in [7, 11) is 1.70. The maximum atomic E-state index is 12.0. The van der Waals surface area contributed by atoms with Crippen LogP contribution in [0.2, 0.25) is 0 Å². The van der Waals surface area contributed by atoms with Crippen molar-refractivity contribution in [2.24, 2.45) is 22.7 Å². The van der Waals surface area contributed by atoms with E-state index in [1.807, 2.05) is 12.3 Å². The Balaban J connectivity index is 1.48. The molecule has 146 valence electrons. The zero-order valence-electron chi connectivity index (χ0n) is 17.1. The van der Waals surface area contributed by atoms with Gasteiger partial charge in [0.2, 0.25) is 0 Å². The number of allylic oxidation sites excluding steroid dienone is 6. The Morgan fingerprint density at radius 3 is 2.79 bits per heavy atom. The van der Waals surface area contributed by atoms with E-state index < -0.39 is 0 Å². The van der Waals surface area contributed by atoms with Crippen LogP contribution in [0.5, 0.6) is 5.75 Å². The summed E-state index contributed by atoms with van der Waals surface area (Å²) in [5.41, 5.74) is 5.91. The quantitative estimate of drug-likeness (QED) is 0.682. The zero-order valence-corrected chi connectivity index (χ0v) is 17.1. The van der Waals surface area contributed by atoms with E-state index in [0.29, 0.717) is 17.6 Å². The maximum Gasteiger partial charge on any atom is 0.155 e. The van der Waals surface area contributed by atoms with Crippen molar-refractivity contribution in [2.75, 3.05) is 7.11 Å². The molecule has 1 aromatic rings. The first-order chi connectivity index (χ1) is 13.5. The fourth-order valence-corrected chi connectivity index (χ4v) is 6.65. The highest BCUT2D eigenvalue weighted by molar-refractivity contribution is 5.91. The largest absolute Gasteiger partial charge is 0.495 e. The van der Waals surface area contributed by atoms with Gasteiger partial charge in [-0.3, -0.25) is 9.78 Å². The summed E-state index contributed by atoms with van der Waals surface area (Å²) in [6, 6.07) is 2.11. The Morgan fingerprint density at radius 2 is 1.96 bits per heavy atom. The number of ketones is 1. The summed E-state index contributed by atoms with van der Waals surface area (Å²) >= 11 is 0. The topological polar surface area (TPSA) is 39.2 Å². The number of ether oxygens (including phenoxy) is 1. The van der Waals surface area contributed by atoms with Gasteiger partial charge < -0.3 is 4.74 Å². The van der Waals surface area contributed by atoms with E-state index in [9.17, 15) is 4.79 Å². The highest BCUT2D eigenvalue weighted by Crippen LogP contribution is 2.65. The van der Waals surface area contributed by atoms with Crippen molar-refractivity contribution >= 4 is 11.4 Å². The molecule has 3 nitrogen and oxygen atoms in total. The Hall–Kier alpha value is -2.16. The third-order valence-electron chi connectivity index (χ3n) is 8.26. The third-order valence-corrected chi connectivity index (χ3v) is 8.26. The second-order valence-corrected chi connectivity index (χ2v) is 9.49. The van der Waals surface area contributed by atoms with Gasteiger partial charge in [-0.05, 0) is 67.1 Å². The first kappa shape index (κ1) is 17.9. The Morgan fingerprint density at radius 1 is 1.11 bits per heavy atom. The number of fused-ring (bicyclic) bond motifs is 5. The third kappa shape index (κ3) is 2.41. The predicted octanol–water partition coefficient (Wildman–Crippen LogP) is 5.54. The number of carbonyl (C=O) groups excluding carboxylic acids is 1. The van der Waals surface area contributed by atoms with Crippen LogP contribution < -0.4 is 4.74 Å². The monoisotopic (exact) mass is 375 g/mol. The van der Waals surface area contributed by atoms with Crippen LogP contribution >= 0.6 is 0 Å². The Labute approximate surface area is 167 Å². The first-order valence-electron chi connectivity index (χ1n) is 10.6. The van der Waals surface area contributed by atoms with Crippen LogP contribution in [-0.4, -0.2) is 17.9 Å². The van der Waals surface area contributed by atoms with Gasteiger partial charge >= 0.3 is 0 Å². The maximum absolute atomic E-state index is 12.0. The second-order valence-electron chi connectivity index (χ2n) is 9.49. The minimum absolute atomic E-state index is 0.0945. The summed E-state index contributed by atoms with van der Waals surface area (Å²) in [6.07, 6.45) is 16.9. The number of nitrogens with zero attached hydrogens (tertiary/aromatic N) is 1. The van der Waals surface area contributed by atoms with Crippen molar-refractivity contribution in [1.29, 1.82) is 0 Å². The van der Waals surface area contributed by atoms with Crippen LogP contribution in [0.25, 0.3) is 5.57 Å². The normalized spacial score (nSPS) is 36.5. The van der Waals surface area contributed by atoms with Crippen LogP contribution in [0.4, 0.5) is 0 Å². The molecule has 0 radical (unpaired) electrons. The van der Waals surface area contributed by atoms with E-state index in [0.717, 1.165) is 25.0 Å². The fraction of sp³-hybridized carbons (Fsp3) is 0.520. The van der Waals surface area contributed by atoms with Crippen LogP contribution in [0.3, 0.4) is 0 Å². The van der Waals surface area contributed by atoms with Gasteiger partial charge in [-0.15, -0.1) is 0 Å². The van der Waals surface area contributed by atoms with Gasteiger partial charge in [-0.2, -0.15) is 0 Å². The van der Waals surface area contributed by atoms with Gasteiger partial charge in [0, 0.05) is 23.6 Å². The van der Waals surface area contributed by atoms with E-state index in [1.165, 1.54) is 36.0 Å². The average molecular weight is 376 g/mol. The van der Waals surface area contributed by atoms with Gasteiger partial charge in [0.1, 0.15) is 5.75 Å². The van der Waals surface area contributed by atoms with Crippen LogP contribution in [0.1, 0.15) is 57.9 Å². The van der Waals surface area contributed by atoms with Gasteiger partial charge in [0.25, 0.3) is 0 Å². The number of pyridine rings is 1. The van der Waals surface area contributed by atoms with Crippen LogP contribution in [-0.2, 0) is 4.79 Å². The highest BCUT2D eigenvalue weighted by Gasteiger charge is 2.54. The summed E-state index contributed by atoms with van der Waals surface area (Å²) in [6.45, 7) is 4.85. The average Bonchev–Trinajstić information content (AvgIpc) is 3.06. The molecule has 0 aromatic carbocycles. The molecular weight excluding hydrogens is 346 g/mol. The molecule has 4 aliphatic rings. The van der Waals surface area contributed by atoms with Crippen molar-refractivity contribution < 1.29 is 9.53 Å². The molecule has 0 bridgehead atoms. The molecule has 0 aliphatic heterocycles. The molecule has 5 rings (SSSR count). The smallest absolute Gasteiger partial charge is 0.155 e. The van der Waals surface area contributed by atoms with Crippen LogP contribution in [0.15, 0.2) is 47.8 Å². The molecule has 4 aliphatic carbocycles. The first-order valence-corrected chi connectivity index (χ1v) is 10.6. The molecule has 4 atom stereocenters. The summed E-state index contributed by atoms with van der Waals surface area (Å²) in [4.78, 5) is 16.4. The number of rotatable bonds is 2. The van der Waals surface area contributed by atoms with E-state index in [4.69, 9.17) is 4.74 Å². The fourth-order valence-electron chi connectivity index (χ4n) is 6.65. The molecule has 0 saturated heterocycles. The van der Waals surface area contributed by atoms with E-state index in [2.05, 4.69) is 37.0 Å². The van der Waals surface area contributed by atoms with E-state index in [-0.39, 0.29) is 10.8 Å². The Bertz CT molecular complexity index is 940. The lowest BCUT2D eigenvalue weighted by atomic mass is 9.48. The molecule has 1 aromatic heterocycles. The summed E-state index contributed by atoms with van der Waals surface area (Å²) in [5.74, 6) is 2.44. The summed E-state index contributed by atoms with van der Waals surface area (Å²) in [5, 5.41) is 0. The van der Waals surface area contributed by atoms with Crippen molar-refractivity contribution in [2.45, 2.75) is 52.4 Å². The van der Waals surface area contributed by atoms with Gasteiger partial charge in [-0.1, -0.05) is 37.1 Å². The number of hydrogen-bond donors (Lipinski definition) is 0. The highest BCUT2D eigenvalue weighted by atomic mass is 16.5. The second kappa shape index (κ2) is 6.17. The predicted molar refractivity (Wildman–Crippen MR) is 111 cm³/mol. The molecule has 0 amide bonds. The molecule has 4 unspecified atom stereocenters. The Kier molecular flexibility index (Phi) is 3.94. The molecule has 2 saturated carbocycles. The molecule has 28 heavy (non-hydrogen) atoms. The van der Waals surface area contributed by atoms with Crippen LogP contribution in [0, 0.1) is 22.7 Å². The molecular formula is C25H29NO2. The van der Waals surface area contributed by atoms with Crippen molar-refractivity contribution in [3.05, 3.63) is 53.4 Å². The number of aromatic nitrogens is 1. The van der Waals surface area contributed by atoms with Gasteiger partial charge in [0.15, 0.2) is 5.78 Å². The number of hydrogen-bond acceptors (Lipinski definition) is 3. The molecule has 0 spiro atoms. The van der Waals surface area contributed by atoms with Gasteiger partial charge in [-0.25, -0.2) is 0 Å². The molecule has 2 fully saturated rings. The van der Waals surface area contributed by atoms with E-state index >= 15 is 0 Å². The van der Waals surface area contributed by atoms with Gasteiger partial charge in [0.05, 0.1) is 13.3 Å². The lowest BCUT2D eigenvalue weighted by Crippen LogP contribution is -2.47. The SMILES string of the molecule is COc1cncc(C2=CC=C3C4CCC5=CC(=O)CCC5(C)C4CCC23C)c1. The lowest BCUT2D eigenvalue weighted by Gasteiger charge is -2.56. The summed E-state index contributed by atoms with van der Waals surface area (Å²) < 4.78 is 5.41. The van der Waals surface area contributed by atoms with Crippen molar-refractivity contribution in [1.82, 2.24) is 4.98 Å². The minimum atomic E-state index is 0.0945.